The highest BCUT2D eigenvalue weighted by Gasteiger charge is 2.53. The Labute approximate surface area is 461 Å². The van der Waals surface area contributed by atoms with Crippen LogP contribution in [0.3, 0.4) is 0 Å². The third kappa shape index (κ3) is 8.40. The van der Waals surface area contributed by atoms with Crippen LogP contribution in [0.4, 0.5) is 68.2 Å². The van der Waals surface area contributed by atoms with E-state index in [1.165, 1.54) is 44.5 Å². The number of hydrogen-bond donors (Lipinski definition) is 2. The van der Waals surface area contributed by atoms with Crippen molar-refractivity contribution >= 4 is 68.2 Å². The maximum Gasteiger partial charge on any atom is 0.0728 e. The van der Waals surface area contributed by atoms with Gasteiger partial charge >= 0.3 is 0 Å². The van der Waals surface area contributed by atoms with Crippen LogP contribution >= 0.6 is 0 Å². The third-order valence-corrected chi connectivity index (χ3v) is 15.4. The molecule has 12 aromatic rings. The molecule has 0 saturated carbocycles. The molecule has 0 amide bonds. The smallest absolute Gasteiger partial charge is 0.0728 e. The van der Waals surface area contributed by atoms with Crippen molar-refractivity contribution in [3.05, 3.63) is 338 Å². The zero-order valence-electron chi connectivity index (χ0n) is 43.3. The minimum Gasteiger partial charge on any atom is -0.310 e. The van der Waals surface area contributed by atoms with E-state index in [2.05, 4.69) is 346 Å². The number of nitrogens with one attached hydrogen (secondary N) is 2. The van der Waals surface area contributed by atoms with Crippen LogP contribution in [-0.4, -0.2) is 0 Å². The van der Waals surface area contributed by atoms with Gasteiger partial charge in [-0.05, 0) is 190 Å². The Balaban J connectivity index is 1.05. The summed E-state index contributed by atoms with van der Waals surface area (Å²) in [5.41, 5.74) is 29.1. The number of hydrazine groups is 2. The quantitative estimate of drug-likeness (QED) is 0.106. The minimum atomic E-state index is -0.830. The fraction of sp³-hybridized carbons (Fsp3) is 0.0137. The molecule has 0 unspecified atom stereocenters. The Morgan fingerprint density at radius 3 is 0.696 bits per heavy atom. The van der Waals surface area contributed by atoms with Crippen LogP contribution < -0.4 is 30.7 Å². The molecule has 14 rings (SSSR count). The zero-order valence-corrected chi connectivity index (χ0v) is 43.3. The molecule has 2 aliphatic carbocycles. The molecule has 0 bridgehead atoms. The molecular weight excluding hydrogens is 961 g/mol. The van der Waals surface area contributed by atoms with Crippen LogP contribution in [0.25, 0.3) is 22.3 Å². The van der Waals surface area contributed by atoms with Gasteiger partial charge in [-0.3, -0.25) is 20.9 Å². The lowest BCUT2D eigenvalue weighted by Gasteiger charge is -2.34. The average Bonchev–Trinajstić information content (AvgIpc) is 2.40. The monoisotopic (exact) mass is 1010 g/mol. The second-order valence-electron chi connectivity index (χ2n) is 20.0. The first-order valence-corrected chi connectivity index (χ1v) is 26.9. The predicted molar refractivity (Wildman–Crippen MR) is 329 cm³/mol. The lowest BCUT2D eigenvalue weighted by molar-refractivity contribution is 0.793. The maximum absolute atomic E-state index is 3.94. The van der Waals surface area contributed by atoms with Crippen LogP contribution in [0.2, 0.25) is 0 Å². The number of para-hydroxylation sites is 8. The lowest BCUT2D eigenvalue weighted by Crippen LogP contribution is -2.28. The van der Waals surface area contributed by atoms with Gasteiger partial charge in [0.15, 0.2) is 0 Å². The van der Waals surface area contributed by atoms with Crippen molar-refractivity contribution in [1.29, 1.82) is 0 Å². The van der Waals surface area contributed by atoms with E-state index in [0.717, 1.165) is 68.2 Å². The van der Waals surface area contributed by atoms with E-state index in [1.807, 2.05) is 0 Å². The van der Waals surface area contributed by atoms with E-state index in [-0.39, 0.29) is 0 Å². The fourth-order valence-electron chi connectivity index (χ4n) is 11.9. The van der Waals surface area contributed by atoms with E-state index < -0.39 is 5.41 Å². The van der Waals surface area contributed by atoms with Crippen LogP contribution in [-0.2, 0) is 5.41 Å². The summed E-state index contributed by atoms with van der Waals surface area (Å²) in [6.45, 7) is 0. The van der Waals surface area contributed by atoms with E-state index in [9.17, 15) is 0 Å². The first-order chi connectivity index (χ1) is 39.2. The maximum atomic E-state index is 3.94. The number of nitrogens with zero attached hydrogens (tertiary/aromatic N) is 4. The van der Waals surface area contributed by atoms with Gasteiger partial charge in [-0.25, -0.2) is 0 Å². The van der Waals surface area contributed by atoms with Crippen molar-refractivity contribution in [2.24, 2.45) is 0 Å². The molecule has 2 aliphatic rings. The van der Waals surface area contributed by atoms with E-state index in [1.54, 1.807) is 0 Å². The molecule has 79 heavy (non-hydrogen) atoms. The largest absolute Gasteiger partial charge is 0.310 e. The summed E-state index contributed by atoms with van der Waals surface area (Å²) in [5, 5.41) is 4.37. The van der Waals surface area contributed by atoms with Crippen LogP contribution in [0.15, 0.2) is 315 Å². The van der Waals surface area contributed by atoms with Crippen LogP contribution in [0, 0.1) is 0 Å². The highest BCUT2D eigenvalue weighted by Crippen LogP contribution is 2.65. The first-order valence-electron chi connectivity index (χ1n) is 26.9. The van der Waals surface area contributed by atoms with Crippen molar-refractivity contribution in [3.63, 3.8) is 0 Å². The van der Waals surface area contributed by atoms with E-state index in [0.29, 0.717) is 0 Å². The molecule has 0 aliphatic heterocycles. The third-order valence-electron chi connectivity index (χ3n) is 15.4. The summed E-state index contributed by atoms with van der Waals surface area (Å²) in [5.74, 6) is 0. The molecule has 6 nitrogen and oxygen atoms in total. The topological polar surface area (TPSA) is 37.0 Å². The molecule has 0 heterocycles. The molecule has 1 spiro atoms. The molecule has 0 fully saturated rings. The molecule has 0 saturated heterocycles. The Morgan fingerprint density at radius 1 is 0.203 bits per heavy atom. The van der Waals surface area contributed by atoms with Gasteiger partial charge in [0.25, 0.3) is 0 Å². The van der Waals surface area contributed by atoms with Crippen LogP contribution in [0.5, 0.6) is 0 Å². The number of fused-ring (bicyclic) bond motifs is 10. The van der Waals surface area contributed by atoms with Gasteiger partial charge in [0.1, 0.15) is 0 Å². The van der Waals surface area contributed by atoms with Gasteiger partial charge in [0.05, 0.1) is 39.5 Å². The van der Waals surface area contributed by atoms with Gasteiger partial charge in [-0.15, -0.1) is 0 Å². The highest BCUT2D eigenvalue weighted by atomic mass is 15.5. The summed E-state index contributed by atoms with van der Waals surface area (Å²) >= 11 is 0. The molecule has 376 valence electrons. The van der Waals surface area contributed by atoms with Crippen molar-refractivity contribution in [1.82, 2.24) is 0 Å². The molecule has 0 atom stereocenters. The second-order valence-corrected chi connectivity index (χ2v) is 20.0. The Bertz CT molecular complexity index is 3640. The van der Waals surface area contributed by atoms with Gasteiger partial charge in [-0.2, -0.15) is 0 Å². The molecular formula is C73H54N6. The summed E-state index contributed by atoms with van der Waals surface area (Å²) < 4.78 is 0. The predicted octanol–water partition coefficient (Wildman–Crippen LogP) is 19.3. The summed E-state index contributed by atoms with van der Waals surface area (Å²) in [4.78, 5) is 4.77. The molecule has 6 heteroatoms. The molecule has 0 radical (unpaired) electrons. The van der Waals surface area contributed by atoms with Crippen molar-refractivity contribution in [2.45, 2.75) is 5.41 Å². The normalized spacial score (nSPS) is 12.2. The highest BCUT2D eigenvalue weighted by molar-refractivity contribution is 5.99. The lowest BCUT2D eigenvalue weighted by atomic mass is 9.70. The summed E-state index contributed by atoms with van der Waals surface area (Å²) in [7, 11) is 0. The molecule has 12 aromatic carbocycles. The van der Waals surface area contributed by atoms with E-state index in [4.69, 9.17) is 0 Å². The number of rotatable bonds is 14. The standard InChI is InChI=1S/C73H54N6/c1-9-25-55(26-10-1)76(56-27-11-2-12-28-56)63-43-47-67-65-45-41-53(74-78(59-33-17-5-18-34-59)60-35-19-6-20-36-60)49-69(65)73(71(67)51-63)70-50-54(75-79(61-37-21-7-22-38-61)62-39-23-8-24-40-62)42-46-66(70)68-48-44-64(52-72(68)73)77(57-29-13-3-14-30-57)58-31-15-4-16-32-58/h1-52,74-75H. The minimum absolute atomic E-state index is 0.830. The van der Waals surface area contributed by atoms with Gasteiger partial charge in [-0.1, -0.05) is 170 Å². The van der Waals surface area contributed by atoms with Crippen molar-refractivity contribution in [2.75, 3.05) is 30.7 Å². The number of anilines is 12. The summed E-state index contributed by atoms with van der Waals surface area (Å²) in [6.07, 6.45) is 0. The first kappa shape index (κ1) is 46.9. The van der Waals surface area contributed by atoms with Gasteiger partial charge in [0.2, 0.25) is 0 Å². The van der Waals surface area contributed by atoms with Gasteiger partial charge in [0, 0.05) is 34.1 Å². The number of benzene rings is 12. The number of hydrogen-bond acceptors (Lipinski definition) is 6. The Kier molecular flexibility index (Phi) is 12.0. The van der Waals surface area contributed by atoms with Gasteiger partial charge < -0.3 is 9.80 Å². The van der Waals surface area contributed by atoms with Crippen LogP contribution in [0.1, 0.15) is 22.3 Å². The SMILES string of the molecule is c1ccc(N(Nc2ccc3c(c2)C2(c4cc(NN(c5ccccc5)c5ccccc5)ccc4-c4ccc(N(c5ccccc5)c5ccccc5)cc42)c2cc(N(c4ccccc4)c4ccccc4)ccc2-3)c2ccccc2)cc1. The molecule has 0 aromatic heterocycles. The average molecular weight is 1020 g/mol. The molecule has 2 N–H and O–H groups in total. The van der Waals surface area contributed by atoms with Crippen molar-refractivity contribution < 1.29 is 0 Å². The zero-order chi connectivity index (χ0) is 52.5. The van der Waals surface area contributed by atoms with Crippen molar-refractivity contribution in [3.8, 4) is 22.3 Å². The second kappa shape index (κ2) is 20.2. The Morgan fingerprint density at radius 2 is 0.430 bits per heavy atom. The fourth-order valence-corrected chi connectivity index (χ4v) is 11.9. The summed E-state index contributed by atoms with van der Waals surface area (Å²) in [6, 6.07) is 113. The Hall–Kier alpha value is -10.6. The van der Waals surface area contributed by atoms with E-state index >= 15 is 0 Å².